The topological polar surface area (TPSA) is 75.4 Å². The van der Waals surface area contributed by atoms with Gasteiger partial charge in [-0.05, 0) is 31.4 Å². The molecular formula is C13H17N3O3. The second kappa shape index (κ2) is 5.69. The van der Waals surface area contributed by atoms with Crippen molar-refractivity contribution in [3.63, 3.8) is 0 Å². The van der Waals surface area contributed by atoms with Crippen LogP contribution in [0.1, 0.15) is 25.0 Å². The highest BCUT2D eigenvalue weighted by Gasteiger charge is 2.30. The number of likely N-dealkylation sites (tertiary alicyclic amines) is 1. The Balaban J connectivity index is 2.08. The first kappa shape index (κ1) is 13.3. The van der Waals surface area contributed by atoms with Gasteiger partial charge in [0.1, 0.15) is 6.04 Å². The molecule has 1 fully saturated rings. The van der Waals surface area contributed by atoms with Gasteiger partial charge < -0.3 is 10.0 Å². The first-order valence-electron chi connectivity index (χ1n) is 6.29. The third-order valence-electron chi connectivity index (χ3n) is 3.33. The Morgan fingerprint density at radius 1 is 1.47 bits per heavy atom. The molecule has 6 nitrogen and oxygen atoms in total. The molecule has 1 unspecified atom stereocenters. The Labute approximate surface area is 111 Å². The molecule has 6 heteroatoms. The maximum atomic E-state index is 12.1. The fraction of sp³-hybridized carbons (Fsp3) is 0.462. The number of piperidine rings is 1. The van der Waals surface area contributed by atoms with Crippen LogP contribution in [0.2, 0.25) is 0 Å². The first-order chi connectivity index (χ1) is 9.09. The zero-order chi connectivity index (χ0) is 13.8. The van der Waals surface area contributed by atoms with Gasteiger partial charge in [-0.2, -0.15) is 5.10 Å². The maximum absolute atomic E-state index is 12.1. The average molecular weight is 263 g/mol. The van der Waals surface area contributed by atoms with Crippen LogP contribution >= 0.6 is 0 Å². The van der Waals surface area contributed by atoms with E-state index in [0.717, 1.165) is 18.5 Å². The van der Waals surface area contributed by atoms with E-state index in [2.05, 4.69) is 5.10 Å². The summed E-state index contributed by atoms with van der Waals surface area (Å²) >= 11 is 0. The highest BCUT2D eigenvalue weighted by molar-refractivity contribution is 5.94. The Hall–Kier alpha value is -2.11. The molecule has 0 spiro atoms. The fourth-order valence-corrected chi connectivity index (χ4v) is 2.25. The molecular weight excluding hydrogens is 246 g/mol. The van der Waals surface area contributed by atoms with Gasteiger partial charge in [-0.3, -0.25) is 9.48 Å². The van der Waals surface area contributed by atoms with Crippen molar-refractivity contribution in [1.82, 2.24) is 14.7 Å². The van der Waals surface area contributed by atoms with E-state index in [1.54, 1.807) is 30.1 Å². The van der Waals surface area contributed by atoms with Crippen LogP contribution in [-0.2, 0) is 16.6 Å². The SMILES string of the molecule is Cn1nccc1/C=C/C(=O)N1CCCCC1C(=O)O. The largest absolute Gasteiger partial charge is 0.480 e. The van der Waals surface area contributed by atoms with Crippen LogP contribution in [0.15, 0.2) is 18.3 Å². The lowest BCUT2D eigenvalue weighted by Gasteiger charge is -2.32. The summed E-state index contributed by atoms with van der Waals surface area (Å²) in [6.45, 7) is 0.505. The molecule has 2 rings (SSSR count). The summed E-state index contributed by atoms with van der Waals surface area (Å²) < 4.78 is 1.65. The van der Waals surface area contributed by atoms with Crippen LogP contribution in [0.3, 0.4) is 0 Å². The van der Waals surface area contributed by atoms with Gasteiger partial charge in [-0.1, -0.05) is 0 Å². The number of aryl methyl sites for hydroxylation is 1. The minimum Gasteiger partial charge on any atom is -0.480 e. The average Bonchev–Trinajstić information content (AvgIpc) is 2.81. The van der Waals surface area contributed by atoms with Crippen molar-refractivity contribution in [3.8, 4) is 0 Å². The van der Waals surface area contributed by atoms with Crippen LogP contribution < -0.4 is 0 Å². The molecule has 0 aliphatic carbocycles. The molecule has 1 saturated heterocycles. The number of aliphatic carboxylic acids is 1. The number of carbonyl (C=O) groups is 2. The van der Waals surface area contributed by atoms with Crippen LogP contribution in [0.4, 0.5) is 0 Å². The Morgan fingerprint density at radius 3 is 2.89 bits per heavy atom. The molecule has 1 aromatic rings. The number of aromatic nitrogens is 2. The monoisotopic (exact) mass is 263 g/mol. The van der Waals surface area contributed by atoms with Crippen LogP contribution in [0.5, 0.6) is 0 Å². The van der Waals surface area contributed by atoms with Crippen molar-refractivity contribution >= 4 is 18.0 Å². The van der Waals surface area contributed by atoms with E-state index in [1.807, 2.05) is 0 Å². The highest BCUT2D eigenvalue weighted by atomic mass is 16.4. The van der Waals surface area contributed by atoms with Gasteiger partial charge in [0.2, 0.25) is 5.91 Å². The summed E-state index contributed by atoms with van der Waals surface area (Å²) in [5.74, 6) is -1.18. The van der Waals surface area contributed by atoms with E-state index in [9.17, 15) is 9.59 Å². The van der Waals surface area contributed by atoms with Crippen LogP contribution in [-0.4, -0.2) is 44.3 Å². The Kier molecular flexibility index (Phi) is 3.99. The molecule has 0 bridgehead atoms. The maximum Gasteiger partial charge on any atom is 0.326 e. The highest BCUT2D eigenvalue weighted by Crippen LogP contribution is 2.17. The molecule has 1 aliphatic rings. The molecule has 1 aliphatic heterocycles. The second-order valence-corrected chi connectivity index (χ2v) is 4.59. The zero-order valence-corrected chi connectivity index (χ0v) is 10.8. The molecule has 1 atom stereocenters. The standard InChI is InChI=1S/C13H17N3O3/c1-15-10(7-8-14-15)5-6-12(17)16-9-3-2-4-11(16)13(18)19/h5-8,11H,2-4,9H2,1H3,(H,18,19)/b6-5+. The van der Waals surface area contributed by atoms with Crippen molar-refractivity contribution in [1.29, 1.82) is 0 Å². The van der Waals surface area contributed by atoms with Crippen molar-refractivity contribution in [2.75, 3.05) is 6.54 Å². The predicted molar refractivity (Wildman–Crippen MR) is 69.2 cm³/mol. The quantitative estimate of drug-likeness (QED) is 0.822. The lowest BCUT2D eigenvalue weighted by molar-refractivity contribution is -0.150. The molecule has 0 radical (unpaired) electrons. The van der Waals surface area contributed by atoms with Gasteiger partial charge in [0.15, 0.2) is 0 Å². The number of hydrogen-bond acceptors (Lipinski definition) is 3. The summed E-state index contributed by atoms with van der Waals surface area (Å²) in [7, 11) is 1.78. The smallest absolute Gasteiger partial charge is 0.326 e. The summed E-state index contributed by atoms with van der Waals surface area (Å²) in [4.78, 5) is 24.6. The lowest BCUT2D eigenvalue weighted by Crippen LogP contribution is -2.47. The summed E-state index contributed by atoms with van der Waals surface area (Å²) in [5, 5.41) is 13.1. The number of carbonyl (C=O) groups excluding carboxylic acids is 1. The molecule has 102 valence electrons. The number of carboxylic acids is 1. The van der Waals surface area contributed by atoms with E-state index in [1.165, 1.54) is 11.0 Å². The zero-order valence-electron chi connectivity index (χ0n) is 10.8. The minimum absolute atomic E-state index is 0.256. The fourth-order valence-electron chi connectivity index (χ4n) is 2.25. The van der Waals surface area contributed by atoms with Gasteiger partial charge in [0, 0.05) is 25.9 Å². The van der Waals surface area contributed by atoms with Gasteiger partial charge >= 0.3 is 5.97 Å². The number of amides is 1. The van der Waals surface area contributed by atoms with E-state index in [4.69, 9.17) is 5.11 Å². The summed E-state index contributed by atoms with van der Waals surface area (Å²) in [6.07, 6.45) is 6.95. The minimum atomic E-state index is -0.929. The first-order valence-corrected chi connectivity index (χ1v) is 6.29. The van der Waals surface area contributed by atoms with E-state index in [0.29, 0.717) is 13.0 Å². The molecule has 1 aromatic heterocycles. The van der Waals surface area contributed by atoms with Crippen LogP contribution in [0, 0.1) is 0 Å². The Morgan fingerprint density at radius 2 is 2.26 bits per heavy atom. The van der Waals surface area contributed by atoms with Crippen molar-refractivity contribution in [2.45, 2.75) is 25.3 Å². The number of carboxylic acid groups (broad SMARTS) is 1. The molecule has 1 amide bonds. The lowest BCUT2D eigenvalue weighted by atomic mass is 10.0. The van der Waals surface area contributed by atoms with Gasteiger partial charge in [-0.25, -0.2) is 4.79 Å². The number of hydrogen-bond donors (Lipinski definition) is 1. The molecule has 0 saturated carbocycles. The van der Waals surface area contributed by atoms with E-state index >= 15 is 0 Å². The van der Waals surface area contributed by atoms with Crippen molar-refractivity contribution < 1.29 is 14.7 Å². The normalized spacial score (nSPS) is 19.8. The molecule has 19 heavy (non-hydrogen) atoms. The predicted octanol–water partition coefficient (Wildman–Crippen LogP) is 0.899. The van der Waals surface area contributed by atoms with Crippen molar-refractivity contribution in [3.05, 3.63) is 24.0 Å². The van der Waals surface area contributed by atoms with Crippen LogP contribution in [0.25, 0.3) is 6.08 Å². The van der Waals surface area contributed by atoms with Gasteiger partial charge in [0.05, 0.1) is 5.69 Å². The van der Waals surface area contributed by atoms with Gasteiger partial charge in [-0.15, -0.1) is 0 Å². The number of rotatable bonds is 3. The third-order valence-corrected chi connectivity index (χ3v) is 3.33. The molecule has 2 heterocycles. The molecule has 0 aromatic carbocycles. The van der Waals surface area contributed by atoms with E-state index in [-0.39, 0.29) is 5.91 Å². The molecule has 1 N–H and O–H groups in total. The second-order valence-electron chi connectivity index (χ2n) is 4.59. The third kappa shape index (κ3) is 3.01. The van der Waals surface area contributed by atoms with E-state index < -0.39 is 12.0 Å². The summed E-state index contributed by atoms with van der Waals surface area (Å²) in [6, 6.07) is 1.09. The van der Waals surface area contributed by atoms with Gasteiger partial charge in [0.25, 0.3) is 0 Å². The van der Waals surface area contributed by atoms with Crippen molar-refractivity contribution in [2.24, 2.45) is 7.05 Å². The summed E-state index contributed by atoms with van der Waals surface area (Å²) in [5.41, 5.74) is 0.803. The Bertz CT molecular complexity index is 507. The number of nitrogens with zero attached hydrogens (tertiary/aromatic N) is 3.